The molecule has 0 aromatic heterocycles. The highest BCUT2D eigenvalue weighted by Gasteiger charge is 2.30. The third kappa shape index (κ3) is 13.3. The van der Waals surface area contributed by atoms with Gasteiger partial charge in [-0.15, -0.1) is 0 Å². The molecular formula is C20H36N4O7S2. The van der Waals surface area contributed by atoms with Crippen LogP contribution in [0.5, 0.6) is 0 Å². The lowest BCUT2D eigenvalue weighted by molar-refractivity contribution is -0.142. The molecule has 0 rings (SSSR count). The van der Waals surface area contributed by atoms with Crippen molar-refractivity contribution >= 4 is 53.2 Å². The summed E-state index contributed by atoms with van der Waals surface area (Å²) in [5.74, 6) is -3.36. The van der Waals surface area contributed by atoms with E-state index in [1.165, 1.54) is 23.5 Å². The van der Waals surface area contributed by atoms with Crippen LogP contribution in [-0.4, -0.2) is 88.1 Å². The predicted molar refractivity (Wildman–Crippen MR) is 129 cm³/mol. The molecule has 0 spiro atoms. The smallest absolute Gasteiger partial charge is 0.326 e. The van der Waals surface area contributed by atoms with Crippen molar-refractivity contribution in [3.8, 4) is 0 Å². The fourth-order valence-electron chi connectivity index (χ4n) is 2.81. The summed E-state index contributed by atoms with van der Waals surface area (Å²) < 4.78 is 0. The van der Waals surface area contributed by atoms with Crippen molar-refractivity contribution in [2.75, 3.05) is 24.0 Å². The maximum Gasteiger partial charge on any atom is 0.326 e. The molecule has 3 amide bonds. The van der Waals surface area contributed by atoms with Crippen molar-refractivity contribution in [1.29, 1.82) is 0 Å². The first-order chi connectivity index (χ1) is 15.4. The van der Waals surface area contributed by atoms with Gasteiger partial charge in [-0.3, -0.25) is 19.2 Å². The number of hydrogen-bond acceptors (Lipinski definition) is 8. The Bertz CT molecular complexity index is 679. The predicted octanol–water partition coefficient (Wildman–Crippen LogP) is -0.120. The molecule has 0 aliphatic heterocycles. The normalized spacial score (nSPS) is 14.6. The number of carbonyl (C=O) groups excluding carboxylic acids is 3. The van der Waals surface area contributed by atoms with Crippen LogP contribution in [0.1, 0.15) is 39.5 Å². The van der Waals surface area contributed by atoms with E-state index in [-0.39, 0.29) is 25.2 Å². The van der Waals surface area contributed by atoms with Crippen LogP contribution in [0.4, 0.5) is 0 Å². The van der Waals surface area contributed by atoms with Crippen molar-refractivity contribution in [2.24, 2.45) is 11.7 Å². The van der Waals surface area contributed by atoms with Crippen molar-refractivity contribution < 1.29 is 34.2 Å². The van der Waals surface area contributed by atoms with Crippen LogP contribution in [0.15, 0.2) is 0 Å². The monoisotopic (exact) mass is 508 g/mol. The first kappa shape index (κ1) is 31.0. The van der Waals surface area contributed by atoms with Gasteiger partial charge in [0.2, 0.25) is 17.7 Å². The molecule has 11 nitrogen and oxygen atoms in total. The zero-order valence-electron chi connectivity index (χ0n) is 19.5. The number of thioether (sulfide) groups is 2. The third-order valence-electron chi connectivity index (χ3n) is 4.54. The zero-order valence-corrected chi connectivity index (χ0v) is 21.1. The number of hydrogen-bond donors (Lipinski definition) is 6. The Kier molecular flexibility index (Phi) is 15.6. The Hall–Kier alpha value is -1.99. The number of rotatable bonds is 17. The highest BCUT2D eigenvalue weighted by atomic mass is 32.2. The third-order valence-corrected chi connectivity index (χ3v) is 5.83. The van der Waals surface area contributed by atoms with Crippen molar-refractivity contribution in [1.82, 2.24) is 16.0 Å². The Morgan fingerprint density at radius 3 is 1.58 bits per heavy atom. The highest BCUT2D eigenvalue weighted by molar-refractivity contribution is 7.98. The van der Waals surface area contributed by atoms with E-state index in [1.54, 1.807) is 0 Å². The average molecular weight is 509 g/mol. The van der Waals surface area contributed by atoms with Gasteiger partial charge in [0.1, 0.15) is 18.1 Å². The largest absolute Gasteiger partial charge is 0.481 e. The van der Waals surface area contributed by atoms with Gasteiger partial charge in [-0.05, 0) is 49.2 Å². The fourth-order valence-corrected chi connectivity index (χ4v) is 3.75. The van der Waals surface area contributed by atoms with Crippen LogP contribution in [-0.2, 0) is 24.0 Å². The zero-order chi connectivity index (χ0) is 25.6. The molecule has 0 bridgehead atoms. The number of aliphatic carboxylic acids is 2. The van der Waals surface area contributed by atoms with Crippen LogP contribution < -0.4 is 21.7 Å². The number of carboxylic acids is 2. The van der Waals surface area contributed by atoms with Crippen molar-refractivity contribution in [3.63, 3.8) is 0 Å². The van der Waals surface area contributed by atoms with Gasteiger partial charge in [0.05, 0.1) is 12.5 Å². The Balaban J connectivity index is 5.42. The molecule has 4 atom stereocenters. The van der Waals surface area contributed by atoms with Crippen molar-refractivity contribution in [3.05, 3.63) is 0 Å². The summed E-state index contributed by atoms with van der Waals surface area (Å²) in [7, 11) is 0. The maximum atomic E-state index is 12.9. The van der Waals surface area contributed by atoms with Crippen LogP contribution in [0.25, 0.3) is 0 Å². The SMILES string of the molecule is CSCCC(NC(=O)C(N)CC(=O)O)C(=O)NC(CCSC)C(=O)NC(CC(C)C)C(=O)O. The van der Waals surface area contributed by atoms with E-state index in [0.717, 1.165) is 0 Å². The summed E-state index contributed by atoms with van der Waals surface area (Å²) in [6.45, 7) is 3.67. The molecule has 0 fully saturated rings. The second kappa shape index (κ2) is 16.6. The topological polar surface area (TPSA) is 188 Å². The van der Waals surface area contributed by atoms with Gasteiger partial charge in [-0.1, -0.05) is 13.8 Å². The van der Waals surface area contributed by atoms with E-state index in [4.69, 9.17) is 10.8 Å². The number of amides is 3. The summed E-state index contributed by atoms with van der Waals surface area (Å²) in [5.41, 5.74) is 5.58. The van der Waals surface area contributed by atoms with Gasteiger partial charge in [-0.2, -0.15) is 23.5 Å². The van der Waals surface area contributed by atoms with Gasteiger partial charge < -0.3 is 31.9 Å². The highest BCUT2D eigenvalue weighted by Crippen LogP contribution is 2.09. The van der Waals surface area contributed by atoms with Crippen LogP contribution in [0, 0.1) is 5.92 Å². The molecular weight excluding hydrogens is 472 g/mol. The molecule has 4 unspecified atom stereocenters. The van der Waals surface area contributed by atoms with Crippen LogP contribution >= 0.6 is 23.5 Å². The van der Waals surface area contributed by atoms with Gasteiger partial charge in [0, 0.05) is 0 Å². The van der Waals surface area contributed by atoms with Gasteiger partial charge in [-0.25, -0.2) is 4.79 Å². The number of nitrogens with two attached hydrogens (primary N) is 1. The molecule has 0 heterocycles. The molecule has 0 radical (unpaired) electrons. The fraction of sp³-hybridized carbons (Fsp3) is 0.750. The molecule has 190 valence electrons. The minimum absolute atomic E-state index is 0.0341. The van der Waals surface area contributed by atoms with Crippen molar-refractivity contribution in [2.45, 2.75) is 63.7 Å². The summed E-state index contributed by atoms with van der Waals surface area (Å²) in [4.78, 5) is 60.2. The lowest BCUT2D eigenvalue weighted by Crippen LogP contribution is -2.57. The number of nitrogens with one attached hydrogen (secondary N) is 3. The minimum atomic E-state index is -1.32. The quantitative estimate of drug-likeness (QED) is 0.154. The Labute approximate surface area is 202 Å². The van der Waals surface area contributed by atoms with Gasteiger partial charge in [0.25, 0.3) is 0 Å². The molecule has 33 heavy (non-hydrogen) atoms. The van der Waals surface area contributed by atoms with Gasteiger partial charge in [0.15, 0.2) is 0 Å². The summed E-state index contributed by atoms with van der Waals surface area (Å²) in [6, 6.07) is -4.44. The first-order valence-electron chi connectivity index (χ1n) is 10.5. The molecule has 0 aliphatic rings. The van der Waals surface area contributed by atoms with Crippen LogP contribution in [0.3, 0.4) is 0 Å². The average Bonchev–Trinajstić information content (AvgIpc) is 2.72. The molecule has 7 N–H and O–H groups in total. The molecule has 0 aromatic rings. The molecule has 0 aromatic carbocycles. The Morgan fingerprint density at radius 1 is 0.788 bits per heavy atom. The molecule has 0 aliphatic carbocycles. The van der Waals surface area contributed by atoms with E-state index < -0.39 is 60.2 Å². The maximum absolute atomic E-state index is 12.9. The molecule has 0 saturated carbocycles. The number of carboxylic acid groups (broad SMARTS) is 2. The lowest BCUT2D eigenvalue weighted by Gasteiger charge is -2.25. The summed E-state index contributed by atoms with van der Waals surface area (Å²) >= 11 is 2.91. The van der Waals surface area contributed by atoms with E-state index >= 15 is 0 Å². The van der Waals surface area contributed by atoms with Crippen LogP contribution in [0.2, 0.25) is 0 Å². The van der Waals surface area contributed by atoms with E-state index in [1.807, 2.05) is 26.4 Å². The first-order valence-corrected chi connectivity index (χ1v) is 13.3. The standard InChI is InChI=1S/C20H36N4O7S2/c1-11(2)9-15(20(30)31)24-19(29)14(6-8-33-4)23-18(28)13(5-7-32-3)22-17(27)12(21)10-16(25)26/h11-15H,5-10,21H2,1-4H3,(H,22,27)(H,23,28)(H,24,29)(H,25,26)(H,30,31). The molecule has 13 heteroatoms. The lowest BCUT2D eigenvalue weighted by atomic mass is 10.0. The minimum Gasteiger partial charge on any atom is -0.481 e. The summed E-state index contributed by atoms with van der Waals surface area (Å²) in [5, 5.41) is 25.8. The van der Waals surface area contributed by atoms with Gasteiger partial charge >= 0.3 is 11.9 Å². The number of carbonyl (C=O) groups is 5. The molecule has 0 saturated heterocycles. The Morgan fingerprint density at radius 2 is 1.21 bits per heavy atom. The second-order valence-corrected chi connectivity index (χ2v) is 9.89. The van der Waals surface area contributed by atoms with E-state index in [0.29, 0.717) is 11.5 Å². The van der Waals surface area contributed by atoms with E-state index in [2.05, 4.69) is 16.0 Å². The second-order valence-electron chi connectivity index (χ2n) is 7.92. The van der Waals surface area contributed by atoms with E-state index in [9.17, 15) is 29.1 Å². The summed E-state index contributed by atoms with van der Waals surface area (Å²) in [6.07, 6.45) is 3.80.